The maximum Gasteiger partial charge on any atom is 0.255 e. The van der Waals surface area contributed by atoms with Crippen LogP contribution in [-0.2, 0) is 35.5 Å². The molecule has 3 N–H and O–H groups in total. The van der Waals surface area contributed by atoms with Crippen molar-refractivity contribution in [3.8, 4) is 16.8 Å². The van der Waals surface area contributed by atoms with E-state index in [2.05, 4.69) is 79.2 Å². The summed E-state index contributed by atoms with van der Waals surface area (Å²) < 4.78 is 2.19. The van der Waals surface area contributed by atoms with Gasteiger partial charge < -0.3 is 15.5 Å². The van der Waals surface area contributed by atoms with Crippen LogP contribution in [0.25, 0.3) is 16.8 Å². The fourth-order valence-corrected chi connectivity index (χ4v) is 8.40. The van der Waals surface area contributed by atoms with Crippen molar-refractivity contribution in [2.75, 3.05) is 11.9 Å². The summed E-state index contributed by atoms with van der Waals surface area (Å²) in [5, 5.41) is 19.3. The lowest BCUT2D eigenvalue weighted by Gasteiger charge is -2.29. The molecule has 5 aromatic rings. The predicted octanol–water partition coefficient (Wildman–Crippen LogP) is 7.65. The van der Waals surface area contributed by atoms with Crippen LogP contribution in [0.4, 0.5) is 5.69 Å². The highest BCUT2D eigenvalue weighted by Gasteiger charge is 2.39. The number of nitrogens with zero attached hydrogens (tertiary/aromatic N) is 4. The highest BCUT2D eigenvalue weighted by atomic mass is 35.5. The summed E-state index contributed by atoms with van der Waals surface area (Å²) in [6.45, 7) is 4.22. The molecule has 3 aliphatic rings. The minimum absolute atomic E-state index is 0.100. The zero-order chi connectivity index (χ0) is 37.9. The lowest BCUT2D eigenvalue weighted by Crippen LogP contribution is -2.52. The molecule has 0 saturated carbocycles. The molecular formula is C44H46ClN7O3. The van der Waals surface area contributed by atoms with Crippen molar-refractivity contribution in [1.29, 1.82) is 0 Å². The Bertz CT molecular complexity index is 2220. The van der Waals surface area contributed by atoms with Crippen molar-refractivity contribution < 1.29 is 14.4 Å². The topological polar surface area (TPSA) is 121 Å². The molecule has 0 radical (unpaired) electrons. The number of aromatic nitrogens is 3. The minimum Gasteiger partial charge on any atom is -0.378 e. The van der Waals surface area contributed by atoms with Crippen molar-refractivity contribution in [1.82, 2.24) is 30.3 Å². The van der Waals surface area contributed by atoms with E-state index in [-0.39, 0.29) is 30.2 Å². The maximum absolute atomic E-state index is 13.1. The summed E-state index contributed by atoms with van der Waals surface area (Å²) in [5.41, 5.74) is 9.88. The maximum atomic E-state index is 13.1. The first-order chi connectivity index (χ1) is 26.8. The van der Waals surface area contributed by atoms with Gasteiger partial charge in [0, 0.05) is 42.2 Å². The molecule has 0 spiro atoms. The second-order valence-corrected chi connectivity index (χ2v) is 15.3. The smallest absolute Gasteiger partial charge is 0.255 e. The number of rotatable bonds is 13. The van der Waals surface area contributed by atoms with E-state index in [1.807, 2.05) is 43.3 Å². The second-order valence-electron chi connectivity index (χ2n) is 14.9. The third-order valence-corrected chi connectivity index (χ3v) is 11.5. The van der Waals surface area contributed by atoms with E-state index >= 15 is 0 Å². The zero-order valence-electron chi connectivity index (χ0n) is 31.1. The Balaban J connectivity index is 0.817. The predicted molar refractivity (Wildman–Crippen MR) is 214 cm³/mol. The van der Waals surface area contributed by atoms with Gasteiger partial charge in [-0.15, -0.1) is 10.2 Å². The normalized spacial score (nSPS) is 17.7. The Morgan fingerprint density at radius 3 is 2.47 bits per heavy atom. The van der Waals surface area contributed by atoms with Crippen molar-refractivity contribution in [2.24, 2.45) is 0 Å². The minimum atomic E-state index is -0.581. The summed E-state index contributed by atoms with van der Waals surface area (Å²) in [6.07, 6.45) is 7.66. The van der Waals surface area contributed by atoms with Gasteiger partial charge in [-0.2, -0.15) is 0 Å². The molecular weight excluding hydrogens is 710 g/mol. The third kappa shape index (κ3) is 7.93. The Morgan fingerprint density at radius 1 is 0.855 bits per heavy atom. The summed E-state index contributed by atoms with van der Waals surface area (Å²) in [6, 6.07) is 28.9. The number of amides is 3. The van der Waals surface area contributed by atoms with E-state index in [9.17, 15) is 14.4 Å². The fraction of sp³-hybridized carbons (Fsp3) is 0.341. The number of carbonyl (C=O) groups is 3. The Kier molecular flexibility index (Phi) is 10.8. The molecule has 0 aliphatic carbocycles. The summed E-state index contributed by atoms with van der Waals surface area (Å²) >= 11 is 6.17. The summed E-state index contributed by atoms with van der Waals surface area (Å²) in [4.78, 5) is 38.8. The first-order valence-electron chi connectivity index (χ1n) is 19.4. The number of benzene rings is 4. The number of piperidine rings is 1. The number of anilines is 1. The molecule has 11 heteroatoms. The first-order valence-corrected chi connectivity index (χ1v) is 19.8. The molecule has 3 amide bonds. The van der Waals surface area contributed by atoms with E-state index in [1.54, 1.807) is 4.90 Å². The summed E-state index contributed by atoms with van der Waals surface area (Å²) in [7, 11) is 0. The molecule has 1 saturated heterocycles. The second kappa shape index (κ2) is 16.2. The highest BCUT2D eigenvalue weighted by molar-refractivity contribution is 6.30. The van der Waals surface area contributed by atoms with E-state index in [1.165, 1.54) is 27.8 Å². The molecule has 2 unspecified atom stereocenters. The van der Waals surface area contributed by atoms with Crippen LogP contribution in [0.3, 0.4) is 0 Å². The average Bonchev–Trinajstić information content (AvgIpc) is 3.68. The van der Waals surface area contributed by atoms with Crippen LogP contribution < -0.4 is 16.0 Å². The van der Waals surface area contributed by atoms with Gasteiger partial charge in [0.1, 0.15) is 17.7 Å². The van der Waals surface area contributed by atoms with E-state index in [4.69, 9.17) is 11.6 Å². The summed E-state index contributed by atoms with van der Waals surface area (Å²) in [5.74, 6) is 1.13. The van der Waals surface area contributed by atoms with Crippen LogP contribution >= 0.6 is 11.6 Å². The Hall–Kier alpha value is -5.32. The molecule has 282 valence electrons. The number of nitrogens with one attached hydrogen (secondary N) is 3. The van der Waals surface area contributed by atoms with Crippen molar-refractivity contribution >= 4 is 35.0 Å². The van der Waals surface area contributed by atoms with Crippen LogP contribution in [-0.4, -0.2) is 50.0 Å². The number of aryl methyl sites for hydroxylation is 3. The van der Waals surface area contributed by atoms with Crippen molar-refractivity contribution in [2.45, 2.75) is 89.9 Å². The third-order valence-electron chi connectivity index (χ3n) is 11.2. The SMILES string of the molecule is Cc1nnc2n1-c1ccc(-c3ccc(CNCCCCCCc4cccc5c4CN(C4CCC(=O)NC4=O)C5=O)cc3)cc1C(Nc1ccc(Cl)cc1)CC2. The lowest BCUT2D eigenvalue weighted by atomic mass is 9.95. The zero-order valence-corrected chi connectivity index (χ0v) is 31.9. The van der Waals surface area contributed by atoms with Gasteiger partial charge in [0.2, 0.25) is 11.8 Å². The first kappa shape index (κ1) is 36.6. The number of unbranched alkanes of at least 4 members (excludes halogenated alkanes) is 3. The number of carbonyl (C=O) groups excluding carboxylic acids is 3. The Morgan fingerprint density at radius 2 is 1.65 bits per heavy atom. The van der Waals surface area contributed by atoms with Gasteiger partial charge in [0.25, 0.3) is 5.91 Å². The number of imide groups is 1. The van der Waals surface area contributed by atoms with Gasteiger partial charge in [0.05, 0.1) is 11.7 Å². The molecule has 10 nitrogen and oxygen atoms in total. The molecule has 4 aromatic carbocycles. The molecule has 8 rings (SSSR count). The van der Waals surface area contributed by atoms with E-state index in [0.717, 1.165) is 91.6 Å². The molecule has 1 aromatic heterocycles. The fourth-order valence-electron chi connectivity index (χ4n) is 8.28. The number of hydrogen-bond acceptors (Lipinski definition) is 7. The van der Waals surface area contributed by atoms with Crippen molar-refractivity contribution in [3.63, 3.8) is 0 Å². The van der Waals surface area contributed by atoms with E-state index in [0.29, 0.717) is 18.5 Å². The molecule has 55 heavy (non-hydrogen) atoms. The van der Waals surface area contributed by atoms with Crippen LogP contribution in [0.2, 0.25) is 5.02 Å². The van der Waals surface area contributed by atoms with Gasteiger partial charge in [-0.05, 0) is 121 Å². The van der Waals surface area contributed by atoms with Gasteiger partial charge >= 0.3 is 0 Å². The highest BCUT2D eigenvalue weighted by Crippen LogP contribution is 2.37. The van der Waals surface area contributed by atoms with Crippen LogP contribution in [0.5, 0.6) is 0 Å². The standard InChI is InChI=1S/C44H46ClN7O3/c1-28-49-50-41-22-19-38(47-34-17-15-33(45)16-18-34)36-25-32(14-20-39(36)52(28)41)30-12-10-29(11-13-30)26-46-24-5-3-2-4-7-31-8-6-9-35-37(31)27-51(44(35)55)40-21-23-42(53)48-43(40)54/h6,8-18,20,25,38,40,46-47H,2-5,7,19,21-24,26-27H2,1H3,(H,48,53,54). The molecule has 1 fully saturated rings. The average molecular weight is 756 g/mol. The van der Waals surface area contributed by atoms with Crippen LogP contribution in [0.1, 0.15) is 95.2 Å². The number of halogens is 1. The molecule has 2 atom stereocenters. The monoisotopic (exact) mass is 755 g/mol. The quantitative estimate of drug-likeness (QED) is 0.0834. The molecule has 3 aliphatic heterocycles. The van der Waals surface area contributed by atoms with Crippen molar-refractivity contribution in [3.05, 3.63) is 129 Å². The van der Waals surface area contributed by atoms with Crippen LogP contribution in [0.15, 0.2) is 84.9 Å². The molecule has 0 bridgehead atoms. The van der Waals surface area contributed by atoms with Gasteiger partial charge in [-0.25, -0.2) is 0 Å². The Labute approximate surface area is 326 Å². The van der Waals surface area contributed by atoms with E-state index < -0.39 is 6.04 Å². The van der Waals surface area contributed by atoms with Gasteiger partial charge in [0.15, 0.2) is 0 Å². The lowest BCUT2D eigenvalue weighted by molar-refractivity contribution is -0.136. The number of fused-ring (bicyclic) bond motifs is 4. The largest absolute Gasteiger partial charge is 0.378 e. The number of hydrogen-bond donors (Lipinski definition) is 3. The molecule has 4 heterocycles. The van der Waals surface area contributed by atoms with Gasteiger partial charge in [-0.1, -0.05) is 66.9 Å². The van der Waals surface area contributed by atoms with Crippen LogP contribution in [0, 0.1) is 6.92 Å². The van der Waals surface area contributed by atoms with Gasteiger partial charge in [-0.3, -0.25) is 24.3 Å².